The highest BCUT2D eigenvalue weighted by Gasteiger charge is 2.30. The quantitative estimate of drug-likeness (QED) is 0.342. The normalized spacial score (nSPS) is 12.3. The molecule has 0 aliphatic rings. The summed E-state index contributed by atoms with van der Waals surface area (Å²) in [6, 6.07) is 15.8. The molecule has 1 unspecified atom stereocenters. The van der Waals surface area contributed by atoms with Crippen LogP contribution in [0.2, 0.25) is 0 Å². The van der Waals surface area contributed by atoms with Crippen molar-refractivity contribution in [2.24, 2.45) is 5.41 Å². The number of amides is 1. The van der Waals surface area contributed by atoms with E-state index < -0.39 is 0 Å². The van der Waals surface area contributed by atoms with Crippen LogP contribution >= 0.6 is 0 Å². The van der Waals surface area contributed by atoms with Crippen molar-refractivity contribution in [2.45, 2.75) is 39.3 Å². The van der Waals surface area contributed by atoms with Gasteiger partial charge >= 0.3 is 0 Å². The predicted molar refractivity (Wildman–Crippen MR) is 122 cm³/mol. The molecule has 6 heteroatoms. The molecule has 0 saturated carbocycles. The smallest absolute Gasteiger partial charge is 0.207 e. The molecule has 0 aromatic heterocycles. The van der Waals surface area contributed by atoms with Crippen molar-refractivity contribution in [1.29, 1.82) is 0 Å². The number of carbonyl (C=O) groups is 1. The zero-order valence-corrected chi connectivity index (χ0v) is 19.1. The lowest BCUT2D eigenvalue weighted by Gasteiger charge is -2.34. The van der Waals surface area contributed by atoms with Crippen LogP contribution in [0.4, 0.5) is 0 Å². The van der Waals surface area contributed by atoms with Crippen molar-refractivity contribution < 1.29 is 23.7 Å². The maximum absolute atomic E-state index is 11.3. The van der Waals surface area contributed by atoms with Gasteiger partial charge in [0.15, 0.2) is 11.5 Å². The van der Waals surface area contributed by atoms with E-state index in [2.05, 4.69) is 19.2 Å². The molecule has 0 saturated heterocycles. The van der Waals surface area contributed by atoms with Gasteiger partial charge in [-0.3, -0.25) is 4.79 Å². The van der Waals surface area contributed by atoms with Crippen LogP contribution < -0.4 is 14.8 Å². The summed E-state index contributed by atoms with van der Waals surface area (Å²) in [5, 5.41) is 2.98. The van der Waals surface area contributed by atoms with Gasteiger partial charge in [-0.1, -0.05) is 50.2 Å². The standard InChI is InChI=1S/C25H35NO5/c1-25(2,18-30-17-20-9-6-5-7-10-20)24(26-19-27)16-21-11-12-22(29-4)23(15-21)31-14-8-13-28-3/h5-7,9-12,15,19,24H,8,13-14,16-18H2,1-4H3,(H,26,27). The van der Waals surface area contributed by atoms with E-state index in [1.807, 2.05) is 48.5 Å². The van der Waals surface area contributed by atoms with Gasteiger partial charge in [0.25, 0.3) is 0 Å². The van der Waals surface area contributed by atoms with E-state index in [0.717, 1.165) is 24.0 Å². The summed E-state index contributed by atoms with van der Waals surface area (Å²) in [7, 11) is 3.30. The molecule has 2 aromatic carbocycles. The molecule has 1 amide bonds. The van der Waals surface area contributed by atoms with E-state index in [1.165, 1.54) is 0 Å². The first kappa shape index (κ1) is 24.7. The third kappa shape index (κ3) is 8.23. The molecule has 1 N–H and O–H groups in total. The fourth-order valence-corrected chi connectivity index (χ4v) is 3.33. The highest BCUT2D eigenvalue weighted by atomic mass is 16.5. The molecular formula is C25H35NO5. The van der Waals surface area contributed by atoms with Crippen LogP contribution in [-0.4, -0.2) is 46.5 Å². The monoisotopic (exact) mass is 429 g/mol. The Morgan fingerprint density at radius 2 is 1.77 bits per heavy atom. The van der Waals surface area contributed by atoms with E-state index in [9.17, 15) is 4.79 Å². The van der Waals surface area contributed by atoms with E-state index in [4.69, 9.17) is 18.9 Å². The number of nitrogens with one attached hydrogen (secondary N) is 1. The van der Waals surface area contributed by atoms with Gasteiger partial charge < -0.3 is 24.3 Å². The number of ether oxygens (including phenoxy) is 4. The molecule has 0 radical (unpaired) electrons. The third-order valence-corrected chi connectivity index (χ3v) is 5.22. The van der Waals surface area contributed by atoms with Crippen LogP contribution in [0.5, 0.6) is 11.5 Å². The first-order valence-corrected chi connectivity index (χ1v) is 10.6. The molecule has 2 aromatic rings. The van der Waals surface area contributed by atoms with Crippen LogP contribution in [0.25, 0.3) is 0 Å². The minimum absolute atomic E-state index is 0.101. The van der Waals surface area contributed by atoms with Crippen LogP contribution in [-0.2, 0) is 27.3 Å². The Bertz CT molecular complexity index is 779. The largest absolute Gasteiger partial charge is 0.493 e. The zero-order valence-electron chi connectivity index (χ0n) is 19.1. The molecule has 0 aliphatic heterocycles. The first-order chi connectivity index (χ1) is 15.0. The fraction of sp³-hybridized carbons (Fsp3) is 0.480. The number of hydrogen-bond donors (Lipinski definition) is 1. The maximum atomic E-state index is 11.3. The highest BCUT2D eigenvalue weighted by molar-refractivity contribution is 5.48. The van der Waals surface area contributed by atoms with Crippen LogP contribution in [0.1, 0.15) is 31.4 Å². The minimum atomic E-state index is -0.269. The van der Waals surface area contributed by atoms with Crippen molar-refractivity contribution in [3.63, 3.8) is 0 Å². The molecule has 0 fully saturated rings. The summed E-state index contributed by atoms with van der Waals surface area (Å²) in [5.41, 5.74) is 1.91. The lowest BCUT2D eigenvalue weighted by Crippen LogP contribution is -2.45. The lowest BCUT2D eigenvalue weighted by molar-refractivity contribution is -0.111. The van der Waals surface area contributed by atoms with Gasteiger partial charge in [0.1, 0.15) is 0 Å². The second kappa shape index (κ2) is 13.0. The Balaban J connectivity index is 2.03. The SMILES string of the molecule is COCCCOc1cc(CC(NC=O)C(C)(C)COCc2ccccc2)ccc1OC. The summed E-state index contributed by atoms with van der Waals surface area (Å²) < 4.78 is 22.4. The van der Waals surface area contributed by atoms with Gasteiger partial charge in [0.2, 0.25) is 6.41 Å². The van der Waals surface area contributed by atoms with E-state index in [0.29, 0.717) is 44.3 Å². The van der Waals surface area contributed by atoms with Crippen LogP contribution in [0, 0.1) is 5.41 Å². The third-order valence-electron chi connectivity index (χ3n) is 5.22. The Hall–Kier alpha value is -2.57. The number of benzene rings is 2. The summed E-state index contributed by atoms with van der Waals surface area (Å²) in [5.74, 6) is 1.38. The van der Waals surface area contributed by atoms with Crippen molar-refractivity contribution in [3.05, 3.63) is 59.7 Å². The predicted octanol–water partition coefficient (Wildman–Crippen LogP) is 4.01. The van der Waals surface area contributed by atoms with Crippen LogP contribution in [0.3, 0.4) is 0 Å². The molecule has 1 atom stereocenters. The summed E-state index contributed by atoms with van der Waals surface area (Å²) >= 11 is 0. The average Bonchev–Trinajstić information content (AvgIpc) is 2.77. The van der Waals surface area contributed by atoms with Gasteiger partial charge in [-0.15, -0.1) is 0 Å². The number of hydrogen-bond acceptors (Lipinski definition) is 5. The van der Waals surface area contributed by atoms with Crippen molar-refractivity contribution in [3.8, 4) is 11.5 Å². The second-order valence-corrected chi connectivity index (χ2v) is 8.19. The Labute approximate surface area is 185 Å². The topological polar surface area (TPSA) is 66.0 Å². The summed E-state index contributed by atoms with van der Waals surface area (Å²) in [6.45, 7) is 6.45. The molecule has 0 bridgehead atoms. The average molecular weight is 430 g/mol. The van der Waals surface area contributed by atoms with Crippen molar-refractivity contribution >= 4 is 6.41 Å². The van der Waals surface area contributed by atoms with Crippen molar-refractivity contribution in [1.82, 2.24) is 5.32 Å². The number of methoxy groups -OCH3 is 2. The van der Waals surface area contributed by atoms with Crippen molar-refractivity contribution in [2.75, 3.05) is 34.0 Å². The molecule has 170 valence electrons. The Morgan fingerprint density at radius 1 is 1.00 bits per heavy atom. The van der Waals surface area contributed by atoms with Gasteiger partial charge in [-0.25, -0.2) is 0 Å². The Kier molecular flexibility index (Phi) is 10.3. The zero-order chi connectivity index (χ0) is 22.5. The molecule has 0 spiro atoms. The Morgan fingerprint density at radius 3 is 2.45 bits per heavy atom. The van der Waals surface area contributed by atoms with E-state index in [-0.39, 0.29) is 11.5 Å². The highest BCUT2D eigenvalue weighted by Crippen LogP contribution is 2.31. The lowest BCUT2D eigenvalue weighted by atomic mass is 9.81. The summed E-state index contributed by atoms with van der Waals surface area (Å²) in [4.78, 5) is 11.3. The molecule has 0 heterocycles. The fourth-order valence-electron chi connectivity index (χ4n) is 3.33. The first-order valence-electron chi connectivity index (χ1n) is 10.6. The van der Waals surface area contributed by atoms with E-state index >= 15 is 0 Å². The number of rotatable bonds is 15. The van der Waals surface area contributed by atoms with Crippen LogP contribution in [0.15, 0.2) is 48.5 Å². The molecule has 31 heavy (non-hydrogen) atoms. The molecule has 0 aliphatic carbocycles. The molecule has 2 rings (SSSR count). The van der Waals surface area contributed by atoms with Gasteiger partial charge in [0, 0.05) is 31.6 Å². The summed E-state index contributed by atoms with van der Waals surface area (Å²) in [6.07, 6.45) is 2.21. The van der Waals surface area contributed by atoms with E-state index in [1.54, 1.807) is 14.2 Å². The van der Waals surface area contributed by atoms with Gasteiger partial charge in [-0.2, -0.15) is 0 Å². The molecular weight excluding hydrogens is 394 g/mol. The van der Waals surface area contributed by atoms with Gasteiger partial charge in [-0.05, 0) is 29.7 Å². The van der Waals surface area contributed by atoms with Gasteiger partial charge in [0.05, 0.1) is 26.9 Å². The minimum Gasteiger partial charge on any atom is -0.493 e. The number of carbonyl (C=O) groups excluding carboxylic acids is 1. The second-order valence-electron chi connectivity index (χ2n) is 8.19. The molecule has 6 nitrogen and oxygen atoms in total. The maximum Gasteiger partial charge on any atom is 0.207 e.